The first-order valence-corrected chi connectivity index (χ1v) is 15.4. The fourth-order valence-electron chi connectivity index (χ4n) is 7.50. The molecule has 7 rings (SSSR count). The highest BCUT2D eigenvalue weighted by Gasteiger charge is 2.39. The summed E-state index contributed by atoms with van der Waals surface area (Å²) in [4.78, 5) is 12.8. The van der Waals surface area contributed by atoms with Crippen LogP contribution in [0.1, 0.15) is 31.7 Å². The smallest absolute Gasteiger partial charge is 0.319 e. The van der Waals surface area contributed by atoms with Gasteiger partial charge in [0.1, 0.15) is 35.3 Å². The third kappa shape index (κ3) is 5.41. The first-order valence-electron chi connectivity index (χ1n) is 15.4. The van der Waals surface area contributed by atoms with Gasteiger partial charge in [-0.2, -0.15) is 18.7 Å². The predicted octanol–water partition coefficient (Wildman–Crippen LogP) is 6.37. The van der Waals surface area contributed by atoms with Gasteiger partial charge in [0.2, 0.25) is 0 Å². The van der Waals surface area contributed by atoms with E-state index < -0.39 is 34.5 Å². The number of phenols is 1. The fraction of sp³-hybridized carbons (Fsp3) is 0.371. The lowest BCUT2D eigenvalue weighted by atomic mass is 9.78. The molecule has 0 spiro atoms. The third-order valence-electron chi connectivity index (χ3n) is 9.66. The van der Waals surface area contributed by atoms with Gasteiger partial charge in [-0.3, -0.25) is 0 Å². The Balaban J connectivity index is 1.41. The van der Waals surface area contributed by atoms with Crippen molar-refractivity contribution in [3.63, 3.8) is 0 Å². The summed E-state index contributed by atoms with van der Waals surface area (Å²) in [5.74, 6) is -0.633. The Morgan fingerprint density at radius 2 is 1.85 bits per heavy atom. The van der Waals surface area contributed by atoms with E-state index in [1.807, 2.05) is 16.8 Å². The van der Waals surface area contributed by atoms with Crippen molar-refractivity contribution in [1.29, 1.82) is 0 Å². The van der Waals surface area contributed by atoms with Gasteiger partial charge in [-0.05, 0) is 56.0 Å². The number of nitrogens with one attached hydrogen (secondary N) is 1. The number of benzene rings is 3. The number of anilines is 1. The van der Waals surface area contributed by atoms with Gasteiger partial charge in [0.05, 0.1) is 11.1 Å². The molecule has 7 nitrogen and oxygen atoms in total. The van der Waals surface area contributed by atoms with E-state index in [-0.39, 0.29) is 81.1 Å². The van der Waals surface area contributed by atoms with Crippen molar-refractivity contribution < 1.29 is 31.8 Å². The zero-order valence-electron chi connectivity index (χ0n) is 25.8. The Morgan fingerprint density at radius 3 is 2.55 bits per heavy atom. The lowest BCUT2D eigenvalue weighted by Gasteiger charge is -2.40. The molecule has 1 aromatic heterocycles. The van der Waals surface area contributed by atoms with Crippen LogP contribution in [0, 0.1) is 35.2 Å². The van der Waals surface area contributed by atoms with Gasteiger partial charge in [0.25, 0.3) is 6.08 Å². The minimum atomic E-state index is -1.76. The number of ether oxygens (including phenoxy) is 1. The van der Waals surface area contributed by atoms with Gasteiger partial charge in [-0.25, -0.2) is 13.2 Å². The van der Waals surface area contributed by atoms with Crippen molar-refractivity contribution in [1.82, 2.24) is 20.2 Å². The highest BCUT2D eigenvalue weighted by Crippen LogP contribution is 2.43. The normalized spacial score (nSPS) is 23.0. The maximum absolute atomic E-state index is 16.8. The van der Waals surface area contributed by atoms with Gasteiger partial charge in [0.15, 0.2) is 5.82 Å². The number of phenolic OH excluding ortho intramolecular Hbond substituents is 1. The quantitative estimate of drug-likeness (QED) is 0.193. The number of terminal acetylenes is 1. The zero-order valence-corrected chi connectivity index (χ0v) is 25.8. The summed E-state index contributed by atoms with van der Waals surface area (Å²) in [5, 5.41) is 14.4. The van der Waals surface area contributed by atoms with E-state index in [0.717, 1.165) is 31.0 Å². The molecule has 2 N–H and O–H groups in total. The topological polar surface area (TPSA) is 73.8 Å². The Hall–Kier alpha value is -4.47. The molecule has 3 fully saturated rings. The molecule has 0 aliphatic carbocycles. The first-order chi connectivity index (χ1) is 22.5. The highest BCUT2D eigenvalue weighted by molar-refractivity contribution is 6.04. The Kier molecular flexibility index (Phi) is 7.72. The fourth-order valence-corrected chi connectivity index (χ4v) is 7.50. The van der Waals surface area contributed by atoms with Crippen molar-refractivity contribution >= 4 is 27.5 Å². The van der Waals surface area contributed by atoms with Crippen LogP contribution in [0.5, 0.6) is 11.8 Å². The van der Waals surface area contributed by atoms with Crippen LogP contribution in [-0.4, -0.2) is 71.9 Å². The van der Waals surface area contributed by atoms with Crippen molar-refractivity contribution in [3.8, 4) is 35.2 Å². The SMILES string of the molecule is C#Cc1c(F)ccc2cc(O)cc(-c3c(F)cc4c(N5C[C@H]6CC[C@@H](C5)N6)nc(OC[C@]5(C)CN(C)CCC5=C(F)F)nc4c3F)c12. The van der Waals surface area contributed by atoms with Crippen LogP contribution in [-0.2, 0) is 0 Å². The van der Waals surface area contributed by atoms with Crippen LogP contribution in [0.25, 0.3) is 32.8 Å². The molecule has 3 aromatic carbocycles. The molecule has 3 aliphatic rings. The monoisotopic (exact) mass is 649 g/mol. The second-order valence-electron chi connectivity index (χ2n) is 13.1. The summed E-state index contributed by atoms with van der Waals surface area (Å²) in [6.45, 7) is 3.28. The maximum Gasteiger partial charge on any atom is 0.319 e. The molecular weight excluding hydrogens is 617 g/mol. The molecule has 244 valence electrons. The number of rotatable bonds is 5. The number of halogens is 5. The molecule has 0 unspecified atom stereocenters. The summed E-state index contributed by atoms with van der Waals surface area (Å²) in [5.41, 5.74) is -2.30. The number of aromatic nitrogens is 2. The van der Waals surface area contributed by atoms with E-state index in [9.17, 15) is 18.3 Å². The van der Waals surface area contributed by atoms with Gasteiger partial charge in [-0.1, -0.05) is 18.9 Å². The Morgan fingerprint density at radius 1 is 1.11 bits per heavy atom. The summed E-state index contributed by atoms with van der Waals surface area (Å²) in [6.07, 6.45) is 5.91. The number of hydrogen-bond acceptors (Lipinski definition) is 7. The average molecular weight is 650 g/mol. The molecule has 3 saturated heterocycles. The van der Waals surface area contributed by atoms with Crippen molar-refractivity contribution in [2.75, 3.05) is 44.7 Å². The van der Waals surface area contributed by atoms with Crippen molar-refractivity contribution in [3.05, 3.63) is 65.0 Å². The average Bonchev–Trinajstić information content (AvgIpc) is 3.36. The molecular formula is C35H32F5N5O2. The number of fused-ring (bicyclic) bond motifs is 4. The van der Waals surface area contributed by atoms with Crippen LogP contribution < -0.4 is 15.0 Å². The highest BCUT2D eigenvalue weighted by atomic mass is 19.3. The largest absolute Gasteiger partial charge is 0.508 e. The molecule has 3 atom stereocenters. The molecule has 47 heavy (non-hydrogen) atoms. The molecule has 0 radical (unpaired) electrons. The van der Waals surface area contributed by atoms with Crippen LogP contribution in [0.3, 0.4) is 0 Å². The van der Waals surface area contributed by atoms with Crippen LogP contribution >= 0.6 is 0 Å². The molecule has 0 saturated carbocycles. The zero-order chi connectivity index (χ0) is 33.2. The van der Waals surface area contributed by atoms with Crippen LogP contribution in [0.4, 0.5) is 27.8 Å². The molecule has 4 heterocycles. The number of piperazine rings is 1. The van der Waals surface area contributed by atoms with Gasteiger partial charge >= 0.3 is 6.01 Å². The second-order valence-corrected chi connectivity index (χ2v) is 13.1. The van der Waals surface area contributed by atoms with E-state index in [4.69, 9.17) is 11.2 Å². The lowest BCUT2D eigenvalue weighted by molar-refractivity contribution is 0.104. The number of hydrogen-bond donors (Lipinski definition) is 2. The van der Waals surface area contributed by atoms with Gasteiger partial charge < -0.3 is 25.0 Å². The molecule has 0 amide bonds. The number of nitrogens with zero attached hydrogens (tertiary/aromatic N) is 4. The van der Waals surface area contributed by atoms with Crippen molar-refractivity contribution in [2.24, 2.45) is 5.41 Å². The van der Waals surface area contributed by atoms with E-state index in [1.54, 1.807) is 6.92 Å². The summed E-state index contributed by atoms with van der Waals surface area (Å²) in [6, 6.07) is 6.13. The Bertz CT molecular complexity index is 2000. The van der Waals surface area contributed by atoms with E-state index in [1.165, 1.54) is 12.1 Å². The molecule has 12 heteroatoms. The van der Waals surface area contributed by atoms with E-state index in [2.05, 4.69) is 21.2 Å². The maximum atomic E-state index is 16.8. The standard InChI is InChI=1S/C35H32F5N5O2/c1-4-22-26(36)8-5-18-11-21(46)12-23(28(18)22)29-27(37)13-24-31(30(29)38)42-34(43-33(24)45-14-19-6-7-20(15-45)41-19)47-17-35(2)16-44(3)10-9-25(35)32(39)40/h1,5,8,11-13,19-20,41,46H,6-7,9-10,14-17H2,2-3H3/t19-,20+,35-/m0/s1. The van der Waals surface area contributed by atoms with E-state index >= 15 is 8.78 Å². The molecule has 3 aliphatic heterocycles. The van der Waals surface area contributed by atoms with Gasteiger partial charge in [-0.15, -0.1) is 6.42 Å². The third-order valence-corrected chi connectivity index (χ3v) is 9.66. The second kappa shape index (κ2) is 11.6. The van der Waals surface area contributed by atoms with E-state index in [0.29, 0.717) is 26.2 Å². The summed E-state index contributed by atoms with van der Waals surface area (Å²) < 4.78 is 81.9. The lowest BCUT2D eigenvalue weighted by Crippen LogP contribution is -2.51. The van der Waals surface area contributed by atoms with Crippen LogP contribution in [0.2, 0.25) is 0 Å². The van der Waals surface area contributed by atoms with Gasteiger partial charge in [0, 0.05) is 65.6 Å². The minimum absolute atomic E-state index is 0.0156. The van der Waals surface area contributed by atoms with Crippen molar-refractivity contribution in [2.45, 2.75) is 38.3 Å². The number of aromatic hydroxyl groups is 1. The molecule has 4 aromatic rings. The van der Waals surface area contributed by atoms with Crippen LogP contribution in [0.15, 0.2) is 42.0 Å². The summed E-state index contributed by atoms with van der Waals surface area (Å²) >= 11 is 0. The Labute approximate surface area is 268 Å². The summed E-state index contributed by atoms with van der Waals surface area (Å²) in [7, 11) is 1.84. The number of piperidine rings is 1. The number of likely N-dealkylation sites (tertiary alicyclic amines) is 1. The first kappa shape index (κ1) is 31.1. The minimum Gasteiger partial charge on any atom is -0.508 e. The predicted molar refractivity (Wildman–Crippen MR) is 169 cm³/mol. The molecule has 2 bridgehead atoms.